The second-order valence-electron chi connectivity index (χ2n) is 6.39. The number of ether oxygens (including phenoxy) is 1. The maximum absolute atomic E-state index is 12.4. The van der Waals surface area contributed by atoms with Crippen molar-refractivity contribution in [2.24, 2.45) is 0 Å². The highest BCUT2D eigenvalue weighted by Crippen LogP contribution is 2.20. The van der Waals surface area contributed by atoms with Crippen LogP contribution in [0.4, 0.5) is 5.69 Å². The van der Waals surface area contributed by atoms with E-state index in [9.17, 15) is 4.79 Å². The van der Waals surface area contributed by atoms with Gasteiger partial charge in [-0.25, -0.2) is 0 Å². The number of anilines is 1. The van der Waals surface area contributed by atoms with Gasteiger partial charge in [0.15, 0.2) is 0 Å². The smallest absolute Gasteiger partial charge is 0.232 e. The van der Waals surface area contributed by atoms with Crippen molar-refractivity contribution >= 4 is 29.4 Å². The lowest BCUT2D eigenvalue weighted by atomic mass is 10.2. The van der Waals surface area contributed by atoms with Crippen LogP contribution in [0.2, 0.25) is 0 Å². The van der Waals surface area contributed by atoms with Gasteiger partial charge in [0.1, 0.15) is 5.75 Å². The van der Waals surface area contributed by atoms with Crippen molar-refractivity contribution < 1.29 is 9.53 Å². The summed E-state index contributed by atoms with van der Waals surface area (Å²) in [6, 6.07) is 18.3. The summed E-state index contributed by atoms with van der Waals surface area (Å²) in [5.74, 6) is 2.50. The zero-order valence-electron chi connectivity index (χ0n) is 15.7. The molecule has 0 aliphatic carbocycles. The molecule has 5 heteroatoms. The Balaban J connectivity index is 1.37. The first kappa shape index (κ1) is 19.4. The summed E-state index contributed by atoms with van der Waals surface area (Å²) >= 11 is 1.67. The van der Waals surface area contributed by atoms with Crippen molar-refractivity contribution in [1.29, 1.82) is 0 Å². The largest absolute Gasteiger partial charge is 0.497 e. The third-order valence-electron chi connectivity index (χ3n) is 4.62. The Bertz CT molecular complexity index is 739. The normalized spacial score (nSPS) is 14.6. The Kier molecular flexibility index (Phi) is 7.22. The van der Waals surface area contributed by atoms with Crippen LogP contribution in [0.1, 0.15) is 5.56 Å². The van der Waals surface area contributed by atoms with Crippen LogP contribution in [-0.4, -0.2) is 55.6 Å². The Morgan fingerprint density at radius 1 is 1.04 bits per heavy atom. The van der Waals surface area contributed by atoms with E-state index in [1.54, 1.807) is 18.9 Å². The molecule has 1 aliphatic heterocycles. The van der Waals surface area contributed by atoms with Crippen molar-refractivity contribution in [1.82, 2.24) is 4.90 Å². The number of hydrogen-bond acceptors (Lipinski definition) is 4. The lowest BCUT2D eigenvalue weighted by Gasteiger charge is -2.36. The number of carbonyl (C=O) groups excluding carboxylic acids is 1. The second kappa shape index (κ2) is 10.1. The highest BCUT2D eigenvalue weighted by Gasteiger charge is 2.20. The molecule has 4 nitrogen and oxygen atoms in total. The molecule has 0 atom stereocenters. The van der Waals surface area contributed by atoms with E-state index in [0.717, 1.165) is 37.7 Å². The van der Waals surface area contributed by atoms with Crippen LogP contribution in [0.25, 0.3) is 6.08 Å². The molecule has 2 aromatic carbocycles. The zero-order valence-corrected chi connectivity index (χ0v) is 16.5. The third-order valence-corrected chi connectivity index (χ3v) is 5.50. The van der Waals surface area contributed by atoms with Gasteiger partial charge in [-0.05, 0) is 29.8 Å². The third kappa shape index (κ3) is 5.79. The highest BCUT2D eigenvalue weighted by atomic mass is 32.2. The number of nitrogens with zero attached hydrogens (tertiary/aromatic N) is 2. The van der Waals surface area contributed by atoms with E-state index in [2.05, 4.69) is 41.3 Å². The van der Waals surface area contributed by atoms with E-state index >= 15 is 0 Å². The first-order valence-corrected chi connectivity index (χ1v) is 10.4. The van der Waals surface area contributed by atoms with Crippen LogP contribution in [-0.2, 0) is 4.79 Å². The van der Waals surface area contributed by atoms with Crippen molar-refractivity contribution in [2.45, 2.75) is 0 Å². The summed E-state index contributed by atoms with van der Waals surface area (Å²) in [7, 11) is 1.68. The Labute approximate surface area is 165 Å². The predicted molar refractivity (Wildman–Crippen MR) is 115 cm³/mol. The number of rotatable bonds is 7. The molecule has 1 fully saturated rings. The van der Waals surface area contributed by atoms with Crippen LogP contribution in [0.3, 0.4) is 0 Å². The van der Waals surface area contributed by atoms with E-state index in [-0.39, 0.29) is 5.91 Å². The molecule has 1 amide bonds. The van der Waals surface area contributed by atoms with Crippen LogP contribution in [0.15, 0.2) is 60.7 Å². The molecule has 0 aromatic heterocycles. The van der Waals surface area contributed by atoms with Gasteiger partial charge in [0.05, 0.1) is 12.9 Å². The molecule has 0 unspecified atom stereocenters. The number of amides is 1. The van der Waals surface area contributed by atoms with Gasteiger partial charge in [0.2, 0.25) is 5.91 Å². The van der Waals surface area contributed by atoms with Crippen LogP contribution >= 0.6 is 11.8 Å². The fourth-order valence-corrected chi connectivity index (χ4v) is 3.77. The molecular formula is C22H26N2O2S. The second-order valence-corrected chi connectivity index (χ2v) is 7.42. The van der Waals surface area contributed by atoms with E-state index in [1.807, 2.05) is 35.2 Å². The van der Waals surface area contributed by atoms with Gasteiger partial charge in [-0.3, -0.25) is 4.79 Å². The lowest BCUT2D eigenvalue weighted by molar-refractivity contribution is -0.128. The number of benzene rings is 2. The molecule has 1 aliphatic rings. The fraction of sp³-hybridized carbons (Fsp3) is 0.318. The van der Waals surface area contributed by atoms with E-state index in [1.165, 1.54) is 11.3 Å². The Morgan fingerprint density at radius 2 is 1.74 bits per heavy atom. The highest BCUT2D eigenvalue weighted by molar-refractivity contribution is 8.00. The number of thioether (sulfide) groups is 1. The van der Waals surface area contributed by atoms with Crippen LogP contribution in [0, 0.1) is 0 Å². The zero-order chi connectivity index (χ0) is 18.9. The van der Waals surface area contributed by atoms with Gasteiger partial charge in [0.25, 0.3) is 0 Å². The summed E-state index contributed by atoms with van der Waals surface area (Å²) in [5, 5.41) is 0. The fourth-order valence-electron chi connectivity index (χ4n) is 3.06. The van der Waals surface area contributed by atoms with Gasteiger partial charge >= 0.3 is 0 Å². The van der Waals surface area contributed by atoms with E-state index in [0.29, 0.717) is 5.75 Å². The quantitative estimate of drug-likeness (QED) is 0.682. The molecule has 1 heterocycles. The number of piperazine rings is 1. The van der Waals surface area contributed by atoms with Crippen molar-refractivity contribution in [3.8, 4) is 5.75 Å². The summed E-state index contributed by atoms with van der Waals surface area (Å²) in [6.07, 6.45) is 4.22. The summed E-state index contributed by atoms with van der Waals surface area (Å²) in [6.45, 7) is 3.31. The minimum atomic E-state index is 0.238. The molecule has 0 N–H and O–H groups in total. The maximum atomic E-state index is 12.4. The molecule has 1 saturated heterocycles. The molecular weight excluding hydrogens is 356 g/mol. The number of hydrogen-bond donors (Lipinski definition) is 0. The lowest BCUT2D eigenvalue weighted by Crippen LogP contribution is -2.49. The standard InChI is InChI=1S/C22H26N2O2S/c1-26-21-11-9-20(10-12-21)23-13-15-24(16-14-23)22(25)18-27-17-5-8-19-6-3-2-4-7-19/h2-12H,13-18H2,1H3. The molecule has 2 aromatic rings. The minimum absolute atomic E-state index is 0.238. The summed E-state index contributed by atoms with van der Waals surface area (Å²) in [4.78, 5) is 16.7. The average molecular weight is 383 g/mol. The Morgan fingerprint density at radius 3 is 2.41 bits per heavy atom. The van der Waals surface area contributed by atoms with Crippen LogP contribution < -0.4 is 9.64 Å². The molecule has 0 saturated carbocycles. The summed E-state index contributed by atoms with van der Waals surface area (Å²) in [5.41, 5.74) is 2.38. The van der Waals surface area contributed by atoms with Crippen molar-refractivity contribution in [3.05, 3.63) is 66.2 Å². The summed E-state index contributed by atoms with van der Waals surface area (Å²) < 4.78 is 5.21. The van der Waals surface area contributed by atoms with Crippen LogP contribution in [0.5, 0.6) is 5.75 Å². The number of carbonyl (C=O) groups is 1. The van der Waals surface area contributed by atoms with E-state index in [4.69, 9.17) is 4.74 Å². The maximum Gasteiger partial charge on any atom is 0.232 e. The van der Waals surface area contributed by atoms with E-state index < -0.39 is 0 Å². The molecule has 0 radical (unpaired) electrons. The Hall–Kier alpha value is -2.40. The first-order valence-electron chi connectivity index (χ1n) is 9.22. The minimum Gasteiger partial charge on any atom is -0.497 e. The molecule has 0 spiro atoms. The molecule has 0 bridgehead atoms. The van der Waals surface area contributed by atoms with Gasteiger partial charge in [-0.15, -0.1) is 11.8 Å². The average Bonchev–Trinajstić information content (AvgIpc) is 2.74. The monoisotopic (exact) mass is 382 g/mol. The van der Waals surface area contributed by atoms with Gasteiger partial charge in [-0.2, -0.15) is 0 Å². The molecule has 3 rings (SSSR count). The molecule has 142 valence electrons. The van der Waals surface area contributed by atoms with Crippen molar-refractivity contribution in [2.75, 3.05) is 49.7 Å². The van der Waals surface area contributed by atoms with Gasteiger partial charge in [-0.1, -0.05) is 42.5 Å². The predicted octanol–water partition coefficient (Wildman–Crippen LogP) is 3.79. The molecule has 27 heavy (non-hydrogen) atoms. The number of methoxy groups -OCH3 is 1. The first-order chi connectivity index (χ1) is 13.3. The SMILES string of the molecule is COc1ccc(N2CCN(C(=O)CSCC=Cc3ccccc3)CC2)cc1. The van der Waals surface area contributed by atoms with Crippen molar-refractivity contribution in [3.63, 3.8) is 0 Å². The van der Waals surface area contributed by atoms with Gasteiger partial charge < -0.3 is 14.5 Å². The van der Waals surface area contributed by atoms with Gasteiger partial charge in [0, 0.05) is 37.6 Å². The topological polar surface area (TPSA) is 32.8 Å².